The predicted molar refractivity (Wildman–Crippen MR) is 92.3 cm³/mol. The number of carbonyl (C=O) groups is 1. The van der Waals surface area contributed by atoms with Gasteiger partial charge in [-0.2, -0.15) is 0 Å². The van der Waals surface area contributed by atoms with Crippen molar-refractivity contribution in [3.8, 4) is 0 Å². The number of halogens is 2. The first kappa shape index (κ1) is 19.0. The Morgan fingerprint density at radius 3 is 2.36 bits per heavy atom. The van der Waals surface area contributed by atoms with Gasteiger partial charge in [0.15, 0.2) is 0 Å². The van der Waals surface area contributed by atoms with Crippen LogP contribution in [0.25, 0.3) is 0 Å². The van der Waals surface area contributed by atoms with Crippen LogP contribution < -0.4 is 5.32 Å². The van der Waals surface area contributed by atoms with Gasteiger partial charge in [0.05, 0.1) is 12.6 Å². The molecule has 1 N–H and O–H groups in total. The van der Waals surface area contributed by atoms with Crippen LogP contribution in [0.3, 0.4) is 0 Å². The average molecular weight is 348 g/mol. The molecule has 0 spiro atoms. The number of amides is 1. The van der Waals surface area contributed by atoms with Gasteiger partial charge in [-0.25, -0.2) is 8.78 Å². The Hall–Kier alpha value is -2.31. The number of likely N-dealkylation sites (N-methyl/N-ethyl adjacent to an activating group) is 1. The monoisotopic (exact) mass is 348 g/mol. The third kappa shape index (κ3) is 4.61. The number of ether oxygens (including phenoxy) is 1. The number of carbonyl (C=O) groups excluding carboxylic acids is 1. The molecular formula is C19H22F2N2O2. The van der Waals surface area contributed by atoms with E-state index < -0.39 is 17.7 Å². The summed E-state index contributed by atoms with van der Waals surface area (Å²) in [6.07, 6.45) is 0. The van der Waals surface area contributed by atoms with Crippen LogP contribution in [0.2, 0.25) is 0 Å². The normalized spacial score (nSPS) is 12.2. The second-order valence-corrected chi connectivity index (χ2v) is 5.91. The lowest BCUT2D eigenvalue weighted by molar-refractivity contribution is 0.0936. The molecule has 0 aliphatic heterocycles. The van der Waals surface area contributed by atoms with Gasteiger partial charge in [-0.05, 0) is 37.9 Å². The molecule has 6 heteroatoms. The quantitative estimate of drug-likeness (QED) is 0.836. The van der Waals surface area contributed by atoms with Crippen molar-refractivity contribution in [2.45, 2.75) is 12.6 Å². The largest absolute Gasteiger partial charge is 0.380 e. The number of hydrogen-bond donors (Lipinski definition) is 1. The molecule has 0 saturated carbocycles. The van der Waals surface area contributed by atoms with Crippen molar-refractivity contribution < 1.29 is 18.3 Å². The number of rotatable bonds is 7. The van der Waals surface area contributed by atoms with Gasteiger partial charge in [0.2, 0.25) is 0 Å². The molecule has 0 fully saturated rings. The molecule has 0 aromatic heterocycles. The second kappa shape index (κ2) is 8.69. The van der Waals surface area contributed by atoms with Gasteiger partial charge in [-0.1, -0.05) is 24.3 Å². The predicted octanol–water partition coefficient (Wildman–Crippen LogP) is 3.14. The molecule has 1 amide bonds. The van der Waals surface area contributed by atoms with E-state index in [1.54, 1.807) is 44.3 Å². The molecule has 2 rings (SSSR count). The molecule has 0 radical (unpaired) electrons. The van der Waals surface area contributed by atoms with Gasteiger partial charge in [0.1, 0.15) is 11.6 Å². The van der Waals surface area contributed by atoms with Crippen molar-refractivity contribution in [2.75, 3.05) is 27.7 Å². The SMILES string of the molecule is COCc1ccccc1C(=O)NC[C@H](c1c(F)cccc1F)N(C)C. The summed E-state index contributed by atoms with van der Waals surface area (Å²) in [7, 11) is 4.97. The number of nitrogens with zero attached hydrogens (tertiary/aromatic N) is 1. The number of nitrogens with one attached hydrogen (secondary N) is 1. The Balaban J connectivity index is 2.18. The van der Waals surface area contributed by atoms with Crippen LogP contribution in [-0.2, 0) is 11.3 Å². The van der Waals surface area contributed by atoms with E-state index in [1.807, 2.05) is 6.07 Å². The number of methoxy groups -OCH3 is 1. The summed E-state index contributed by atoms with van der Waals surface area (Å²) in [5.41, 5.74) is 1.18. The molecule has 0 saturated heterocycles. The van der Waals surface area contributed by atoms with Gasteiger partial charge in [-0.3, -0.25) is 4.79 Å². The van der Waals surface area contributed by atoms with Crippen molar-refractivity contribution in [1.29, 1.82) is 0 Å². The van der Waals surface area contributed by atoms with E-state index in [0.29, 0.717) is 12.2 Å². The third-order valence-electron chi connectivity index (χ3n) is 3.97. The minimum absolute atomic E-state index is 0.0574. The molecule has 0 aliphatic rings. The molecule has 0 unspecified atom stereocenters. The Morgan fingerprint density at radius 2 is 1.76 bits per heavy atom. The van der Waals surface area contributed by atoms with E-state index in [2.05, 4.69) is 5.32 Å². The van der Waals surface area contributed by atoms with Crippen LogP contribution in [0.5, 0.6) is 0 Å². The topological polar surface area (TPSA) is 41.6 Å². The summed E-state index contributed by atoms with van der Waals surface area (Å²) in [5, 5.41) is 2.76. The highest BCUT2D eigenvalue weighted by atomic mass is 19.1. The van der Waals surface area contributed by atoms with Crippen LogP contribution >= 0.6 is 0 Å². The van der Waals surface area contributed by atoms with E-state index in [1.165, 1.54) is 18.2 Å². The summed E-state index contributed by atoms with van der Waals surface area (Å²) in [4.78, 5) is 14.2. The summed E-state index contributed by atoms with van der Waals surface area (Å²) >= 11 is 0. The molecule has 134 valence electrons. The Morgan fingerprint density at radius 1 is 1.12 bits per heavy atom. The van der Waals surface area contributed by atoms with Crippen LogP contribution in [-0.4, -0.2) is 38.6 Å². The lowest BCUT2D eigenvalue weighted by atomic mass is 10.0. The van der Waals surface area contributed by atoms with Crippen molar-refractivity contribution in [2.24, 2.45) is 0 Å². The van der Waals surface area contributed by atoms with E-state index in [4.69, 9.17) is 4.74 Å². The van der Waals surface area contributed by atoms with Crippen LogP contribution in [0, 0.1) is 11.6 Å². The zero-order valence-electron chi connectivity index (χ0n) is 14.6. The van der Waals surface area contributed by atoms with Crippen molar-refractivity contribution in [1.82, 2.24) is 10.2 Å². The average Bonchev–Trinajstić information content (AvgIpc) is 2.57. The van der Waals surface area contributed by atoms with Gasteiger partial charge < -0.3 is 15.0 Å². The van der Waals surface area contributed by atoms with Crippen LogP contribution in [0.15, 0.2) is 42.5 Å². The van der Waals surface area contributed by atoms with Gasteiger partial charge in [0.25, 0.3) is 5.91 Å². The van der Waals surface area contributed by atoms with Crippen molar-refractivity contribution in [3.05, 3.63) is 70.8 Å². The third-order valence-corrected chi connectivity index (χ3v) is 3.97. The highest BCUT2D eigenvalue weighted by Gasteiger charge is 2.23. The molecule has 0 aliphatic carbocycles. The fourth-order valence-electron chi connectivity index (χ4n) is 2.68. The summed E-state index contributed by atoms with van der Waals surface area (Å²) in [6, 6.07) is 10.2. The minimum Gasteiger partial charge on any atom is -0.380 e. The molecule has 2 aromatic carbocycles. The molecule has 1 atom stereocenters. The molecular weight excluding hydrogens is 326 g/mol. The molecule has 25 heavy (non-hydrogen) atoms. The van der Waals surface area contributed by atoms with Crippen molar-refractivity contribution in [3.63, 3.8) is 0 Å². The maximum atomic E-state index is 14.1. The Kier molecular flexibility index (Phi) is 6.61. The first-order valence-corrected chi connectivity index (χ1v) is 7.91. The first-order valence-electron chi connectivity index (χ1n) is 7.91. The summed E-state index contributed by atoms with van der Waals surface area (Å²) in [5.74, 6) is -1.57. The van der Waals surface area contributed by atoms with Gasteiger partial charge >= 0.3 is 0 Å². The van der Waals surface area contributed by atoms with Gasteiger partial charge in [-0.15, -0.1) is 0 Å². The maximum Gasteiger partial charge on any atom is 0.251 e. The lowest BCUT2D eigenvalue weighted by Crippen LogP contribution is -2.35. The lowest BCUT2D eigenvalue weighted by Gasteiger charge is -2.26. The Bertz CT molecular complexity index is 715. The molecule has 0 heterocycles. The van der Waals surface area contributed by atoms with Gasteiger partial charge in [0, 0.05) is 24.8 Å². The van der Waals surface area contributed by atoms with Crippen molar-refractivity contribution >= 4 is 5.91 Å². The molecule has 4 nitrogen and oxygen atoms in total. The highest BCUT2D eigenvalue weighted by molar-refractivity contribution is 5.95. The summed E-state index contributed by atoms with van der Waals surface area (Å²) < 4.78 is 33.2. The summed E-state index contributed by atoms with van der Waals surface area (Å²) in [6.45, 7) is 0.383. The van der Waals surface area contributed by atoms with E-state index in [0.717, 1.165) is 5.56 Å². The second-order valence-electron chi connectivity index (χ2n) is 5.91. The standard InChI is InChI=1S/C19H22F2N2O2/c1-23(2)17(18-15(20)9-6-10-16(18)21)11-22-19(24)14-8-5-4-7-13(14)12-25-3/h4-10,17H,11-12H2,1-3H3,(H,22,24)/t17-/m1/s1. The van der Waals surface area contributed by atoms with Crippen LogP contribution in [0.1, 0.15) is 27.5 Å². The fourth-order valence-corrected chi connectivity index (χ4v) is 2.68. The van der Waals surface area contributed by atoms with E-state index in [-0.39, 0.29) is 18.0 Å². The zero-order chi connectivity index (χ0) is 18.4. The van der Waals surface area contributed by atoms with Crippen LogP contribution in [0.4, 0.5) is 8.78 Å². The number of hydrogen-bond acceptors (Lipinski definition) is 3. The maximum absolute atomic E-state index is 14.1. The highest BCUT2D eigenvalue weighted by Crippen LogP contribution is 2.24. The zero-order valence-corrected chi connectivity index (χ0v) is 14.6. The molecule has 2 aromatic rings. The molecule has 0 bridgehead atoms. The van der Waals surface area contributed by atoms with E-state index in [9.17, 15) is 13.6 Å². The fraction of sp³-hybridized carbons (Fsp3) is 0.316. The number of benzene rings is 2. The Labute approximate surface area is 146 Å². The smallest absolute Gasteiger partial charge is 0.251 e. The van der Waals surface area contributed by atoms with E-state index >= 15 is 0 Å². The first-order chi connectivity index (χ1) is 12.0. The minimum atomic E-state index is -0.632.